The predicted octanol–water partition coefficient (Wildman–Crippen LogP) is 7.62. The molecule has 0 saturated heterocycles. The summed E-state index contributed by atoms with van der Waals surface area (Å²) in [4.78, 5) is 90.9. The highest BCUT2D eigenvalue weighted by atomic mass is 36.0. The zero-order chi connectivity index (χ0) is 43.6. The molecule has 0 aliphatic rings. The van der Waals surface area contributed by atoms with Crippen molar-refractivity contribution in [3.05, 3.63) is 143 Å². The number of rotatable bonds is 9. The Morgan fingerprint density at radius 1 is 0.492 bits per heavy atom. The minimum Gasteiger partial charge on any atom is -0.478 e. The van der Waals surface area contributed by atoms with E-state index >= 15 is 0 Å². The van der Waals surface area contributed by atoms with Gasteiger partial charge in [0, 0.05) is 75.2 Å². The zero-order valence-corrected chi connectivity index (χ0v) is 34.0. The normalized spacial score (nSPS) is 9.95. The van der Waals surface area contributed by atoms with Gasteiger partial charge in [-0.05, 0) is 103 Å². The van der Waals surface area contributed by atoms with E-state index in [0.717, 1.165) is 0 Å². The Labute approximate surface area is 355 Å². The molecule has 0 saturated carbocycles. The summed E-state index contributed by atoms with van der Waals surface area (Å²) in [6, 6.07) is 17.8. The van der Waals surface area contributed by atoms with Gasteiger partial charge >= 0.3 is 17.9 Å². The second kappa shape index (κ2) is 23.1. The van der Waals surface area contributed by atoms with Crippen LogP contribution in [0.5, 0.6) is 0 Å². The van der Waals surface area contributed by atoms with Crippen LogP contribution in [0.1, 0.15) is 69.1 Å². The number of nitrogens with zero attached hydrogens (tertiary/aromatic N) is 6. The fourth-order valence-corrected chi connectivity index (χ4v) is 4.63. The molecule has 0 aromatic carbocycles. The van der Waals surface area contributed by atoms with Gasteiger partial charge in [-0.25, -0.2) is 18.6 Å². The molecule has 0 fully saturated rings. The van der Waals surface area contributed by atoms with Crippen molar-refractivity contribution in [2.75, 3.05) is 7.11 Å². The van der Waals surface area contributed by atoms with Crippen LogP contribution >= 0.6 is 44.6 Å². The number of aromatic carboxylic acids is 2. The molecule has 0 aliphatic carbocycles. The van der Waals surface area contributed by atoms with Gasteiger partial charge < -0.3 is 14.9 Å². The number of aromatic nitrogens is 6. The van der Waals surface area contributed by atoms with E-state index < -0.39 is 37.6 Å². The number of carboxylic acid groups (broad SMARTS) is 2. The van der Waals surface area contributed by atoms with E-state index in [4.69, 9.17) is 37.6 Å². The molecule has 0 spiro atoms. The Morgan fingerprint density at radius 3 is 1.00 bits per heavy atom. The first-order valence-corrected chi connectivity index (χ1v) is 19.5. The van der Waals surface area contributed by atoms with Gasteiger partial charge in [-0.3, -0.25) is 44.3 Å². The van der Waals surface area contributed by atoms with Crippen LogP contribution in [-0.2, 0) is 14.0 Å². The molecule has 0 amide bonds. The maximum Gasteiger partial charge on any atom is 0.337 e. The molecule has 302 valence electrons. The fourth-order valence-electron chi connectivity index (χ4n) is 4.40. The van der Waals surface area contributed by atoms with Crippen LogP contribution in [0.2, 0.25) is 0 Å². The predicted molar refractivity (Wildman–Crippen MR) is 218 cm³/mol. The Bertz CT molecular complexity index is 2320. The van der Waals surface area contributed by atoms with Crippen molar-refractivity contribution in [1.29, 1.82) is 0 Å². The molecule has 6 heterocycles. The second-order valence-corrected chi connectivity index (χ2v) is 14.2. The van der Waals surface area contributed by atoms with Crippen molar-refractivity contribution in [1.82, 2.24) is 29.9 Å². The van der Waals surface area contributed by atoms with Crippen molar-refractivity contribution in [2.45, 2.75) is 6.92 Å². The van der Waals surface area contributed by atoms with Gasteiger partial charge in [0.1, 0.15) is 0 Å². The van der Waals surface area contributed by atoms with E-state index in [9.17, 15) is 28.8 Å². The summed E-state index contributed by atoms with van der Waals surface area (Å²) in [6.07, 6.45) is 8.62. The lowest BCUT2D eigenvalue weighted by atomic mass is 10.1. The standard InChI is InChI=1S/C14H12N2O3.C12H6Cl2N2O2.C12H8N2O4.Cl2OS/c1-9(17)10-3-5-15-12(7-10)13-8-11(4-6-16-13)14(18)19-2;13-11(17)7-1-3-15-9(5-7)10-6-8(12(14)18)2-4-16-10;15-11(16)7-1-3-13-9(5-7)10-6-8(12(17)18)2-4-14-10;1-4(2)3/h3-8H,1-2H3;1-6H;1-6H,(H,15,16)(H,17,18);. The lowest BCUT2D eigenvalue weighted by molar-refractivity contribution is 0.0598. The molecule has 21 heteroatoms. The molecule has 0 unspecified atom stereocenters. The summed E-state index contributed by atoms with van der Waals surface area (Å²) in [5, 5.41) is 16.6. The fraction of sp³-hybridized carbons (Fsp3) is 0.0526. The van der Waals surface area contributed by atoms with E-state index in [1.54, 1.807) is 30.5 Å². The number of esters is 1. The smallest absolute Gasteiger partial charge is 0.337 e. The van der Waals surface area contributed by atoms with Crippen LogP contribution in [0.25, 0.3) is 34.2 Å². The minimum atomic E-state index is -1.67. The first-order valence-electron chi connectivity index (χ1n) is 16.0. The van der Waals surface area contributed by atoms with E-state index in [-0.39, 0.29) is 16.9 Å². The van der Waals surface area contributed by atoms with Gasteiger partial charge in [-0.2, -0.15) is 0 Å². The van der Waals surface area contributed by atoms with Gasteiger partial charge in [0.2, 0.25) is 9.23 Å². The average molecular weight is 901 g/mol. The molecular formula is C38H26Cl4N6O10S. The van der Waals surface area contributed by atoms with E-state index in [1.165, 1.54) is 93.5 Å². The minimum absolute atomic E-state index is 0.0484. The van der Waals surface area contributed by atoms with Gasteiger partial charge in [-0.15, -0.1) is 0 Å². The average Bonchev–Trinajstić information content (AvgIpc) is 3.24. The van der Waals surface area contributed by atoms with Gasteiger partial charge in [0.05, 0.1) is 58.0 Å². The van der Waals surface area contributed by atoms with Crippen molar-refractivity contribution in [3.63, 3.8) is 0 Å². The van der Waals surface area contributed by atoms with Crippen molar-refractivity contribution in [3.8, 4) is 34.2 Å². The molecule has 16 nitrogen and oxygen atoms in total. The van der Waals surface area contributed by atoms with E-state index in [1.807, 2.05) is 0 Å². The molecule has 59 heavy (non-hydrogen) atoms. The third-order valence-electron chi connectivity index (χ3n) is 7.12. The molecule has 0 radical (unpaired) electrons. The number of pyridine rings is 6. The number of halogens is 4. The Kier molecular flexibility index (Phi) is 18.4. The number of ether oxygens (including phenoxy) is 1. The molecule has 2 N–H and O–H groups in total. The van der Waals surface area contributed by atoms with Crippen LogP contribution in [0.3, 0.4) is 0 Å². The third kappa shape index (κ3) is 15.1. The highest BCUT2D eigenvalue weighted by Crippen LogP contribution is 2.20. The first-order chi connectivity index (χ1) is 28.0. The molecule has 0 bridgehead atoms. The molecule has 6 aromatic heterocycles. The Balaban J connectivity index is 0.000000226. The summed E-state index contributed by atoms with van der Waals surface area (Å²) in [6.45, 7) is 1.48. The molecule has 6 aromatic rings. The van der Waals surface area contributed by atoms with Crippen LogP contribution < -0.4 is 0 Å². The number of carbonyl (C=O) groups is 6. The number of carboxylic acids is 2. The molecule has 0 aliphatic heterocycles. The number of methoxy groups -OCH3 is 1. The highest BCUT2D eigenvalue weighted by Gasteiger charge is 2.12. The summed E-state index contributed by atoms with van der Waals surface area (Å²) in [5.74, 6) is -2.64. The zero-order valence-electron chi connectivity index (χ0n) is 30.2. The second-order valence-electron chi connectivity index (χ2n) is 11.0. The summed E-state index contributed by atoms with van der Waals surface area (Å²) >= 11 is 10.8. The summed E-state index contributed by atoms with van der Waals surface area (Å²) in [5.41, 5.74) is 4.29. The van der Waals surface area contributed by atoms with E-state index in [2.05, 4.69) is 56.0 Å². The topological polar surface area (TPSA) is 247 Å². The largest absolute Gasteiger partial charge is 0.478 e. The molecule has 6 rings (SSSR count). The van der Waals surface area contributed by atoms with Gasteiger partial charge in [0.25, 0.3) is 10.5 Å². The number of carbonyl (C=O) groups excluding carboxylic acids is 4. The first kappa shape index (κ1) is 47.0. The van der Waals surface area contributed by atoms with Crippen molar-refractivity contribution in [2.24, 2.45) is 0 Å². The SMILES string of the molecule is COC(=O)c1ccnc(-c2cc(C(C)=O)ccn2)c1.O=C(Cl)c1ccnc(-c2cc(C(=O)Cl)ccn2)c1.O=C(O)c1ccnc(-c2cc(C(=O)O)ccn2)c1.O=S(Cl)Cl. The lowest BCUT2D eigenvalue weighted by Crippen LogP contribution is -2.02. The number of Topliss-reactive ketones (excluding diaryl/α,β-unsaturated/α-hetero) is 1. The third-order valence-corrected chi connectivity index (χ3v) is 7.56. The highest BCUT2D eigenvalue weighted by molar-refractivity contribution is 8.26. The number of hydrogen-bond acceptors (Lipinski definition) is 14. The van der Waals surface area contributed by atoms with Crippen molar-refractivity contribution >= 4 is 88.0 Å². The van der Waals surface area contributed by atoms with Gasteiger partial charge in [-0.1, -0.05) is 0 Å². The maximum atomic E-state index is 11.4. The Hall–Kier alpha value is -6.37. The van der Waals surface area contributed by atoms with Crippen LogP contribution in [0, 0.1) is 0 Å². The quantitative estimate of drug-likeness (QED) is 0.0805. The van der Waals surface area contributed by atoms with Crippen LogP contribution in [0.4, 0.5) is 0 Å². The van der Waals surface area contributed by atoms with E-state index in [0.29, 0.717) is 56.4 Å². The summed E-state index contributed by atoms with van der Waals surface area (Å²) in [7, 11) is 8.67. The molecule has 0 atom stereocenters. The van der Waals surface area contributed by atoms with Crippen LogP contribution in [0.15, 0.2) is 110 Å². The number of ketones is 1. The van der Waals surface area contributed by atoms with Gasteiger partial charge in [0.15, 0.2) is 5.78 Å². The van der Waals surface area contributed by atoms with Crippen LogP contribution in [-0.4, -0.2) is 85.6 Å². The van der Waals surface area contributed by atoms with Crippen molar-refractivity contribution < 1.29 is 47.9 Å². The monoisotopic (exact) mass is 898 g/mol. The number of hydrogen-bond donors (Lipinski definition) is 2. The maximum absolute atomic E-state index is 11.4. The Morgan fingerprint density at radius 2 is 0.729 bits per heavy atom. The molecular weight excluding hydrogens is 874 g/mol. The lowest BCUT2D eigenvalue weighted by Gasteiger charge is -2.04. The summed E-state index contributed by atoms with van der Waals surface area (Å²) < 4.78 is 13.7.